The van der Waals surface area contributed by atoms with Gasteiger partial charge in [0.1, 0.15) is 5.82 Å². The molecule has 3 N–H and O–H groups in total. The molecule has 18 heavy (non-hydrogen) atoms. The number of nitrogen functional groups attached to an aromatic ring is 1. The van der Waals surface area contributed by atoms with Gasteiger partial charge in [-0.3, -0.25) is 14.9 Å². The molecule has 1 aliphatic heterocycles. The van der Waals surface area contributed by atoms with Crippen molar-refractivity contribution < 1.29 is 9.72 Å². The van der Waals surface area contributed by atoms with Gasteiger partial charge in [0.15, 0.2) is 0 Å². The highest BCUT2D eigenvalue weighted by atomic mass is 16.6. The normalized spacial score (nSPS) is 16.0. The molecular formula is C10H13N5O3. The molecule has 1 aromatic rings. The first-order valence-corrected chi connectivity index (χ1v) is 5.50. The van der Waals surface area contributed by atoms with E-state index in [-0.39, 0.29) is 29.8 Å². The zero-order valence-electron chi connectivity index (χ0n) is 9.63. The molecule has 8 heteroatoms. The van der Waals surface area contributed by atoms with Crippen LogP contribution in [0, 0.1) is 10.1 Å². The smallest absolute Gasteiger partial charge is 0.311 e. The van der Waals surface area contributed by atoms with Crippen LogP contribution < -0.4 is 16.0 Å². The molecule has 0 radical (unpaired) electrons. The molecule has 8 nitrogen and oxygen atoms in total. The number of hydrogen-bond donors (Lipinski definition) is 2. The van der Waals surface area contributed by atoms with Crippen LogP contribution in [0.15, 0.2) is 12.1 Å². The predicted octanol–water partition coefficient (Wildman–Crippen LogP) is -0.102. The topological polar surface area (TPSA) is 114 Å². The molecule has 0 bridgehead atoms. The maximum atomic E-state index is 11.5. The van der Waals surface area contributed by atoms with Gasteiger partial charge >= 0.3 is 5.69 Å². The maximum absolute atomic E-state index is 11.5. The van der Waals surface area contributed by atoms with Crippen LogP contribution in [0.1, 0.15) is 6.42 Å². The third-order valence-corrected chi connectivity index (χ3v) is 2.63. The molecule has 0 aliphatic carbocycles. The molecule has 2 rings (SSSR count). The molecule has 96 valence electrons. The van der Waals surface area contributed by atoms with E-state index in [1.165, 1.54) is 12.1 Å². The van der Waals surface area contributed by atoms with Gasteiger partial charge in [-0.05, 0) is 12.5 Å². The number of nitro groups is 1. The molecule has 0 spiro atoms. The lowest BCUT2D eigenvalue weighted by Gasteiger charge is -2.19. The standard InChI is InChI=1S/C10H13N5O3/c11-8-3-2-7(15(17)18)10(13-8)14-5-1-4-12-9(16)6-14/h2-3H,1,4-6H2,(H2,11,13)(H,12,16). The minimum atomic E-state index is -0.523. The van der Waals surface area contributed by atoms with Gasteiger partial charge < -0.3 is 16.0 Å². The fourth-order valence-corrected chi connectivity index (χ4v) is 1.82. The summed E-state index contributed by atoms with van der Waals surface area (Å²) in [5.74, 6) is 0.170. The van der Waals surface area contributed by atoms with E-state index in [9.17, 15) is 14.9 Å². The van der Waals surface area contributed by atoms with Gasteiger partial charge in [0, 0.05) is 19.2 Å². The lowest BCUT2D eigenvalue weighted by Crippen LogP contribution is -2.34. The molecular weight excluding hydrogens is 238 g/mol. The summed E-state index contributed by atoms with van der Waals surface area (Å²) in [4.78, 5) is 27.4. The van der Waals surface area contributed by atoms with Crippen molar-refractivity contribution in [2.24, 2.45) is 0 Å². The highest BCUT2D eigenvalue weighted by Gasteiger charge is 2.24. The van der Waals surface area contributed by atoms with Crippen molar-refractivity contribution in [2.75, 3.05) is 30.3 Å². The van der Waals surface area contributed by atoms with E-state index in [1.807, 2.05) is 0 Å². The van der Waals surface area contributed by atoms with Crippen LogP contribution in [0.2, 0.25) is 0 Å². The van der Waals surface area contributed by atoms with E-state index < -0.39 is 4.92 Å². The van der Waals surface area contributed by atoms with Gasteiger partial charge in [0.05, 0.1) is 11.5 Å². The van der Waals surface area contributed by atoms with Crippen LogP contribution in [-0.2, 0) is 4.79 Å². The Kier molecular flexibility index (Phi) is 3.26. The number of carbonyl (C=O) groups excluding carboxylic acids is 1. The largest absolute Gasteiger partial charge is 0.384 e. The van der Waals surface area contributed by atoms with Crippen molar-refractivity contribution in [2.45, 2.75) is 6.42 Å². The van der Waals surface area contributed by atoms with Gasteiger partial charge in [-0.1, -0.05) is 0 Å². The first kappa shape index (κ1) is 12.1. The van der Waals surface area contributed by atoms with Crippen LogP contribution in [0.4, 0.5) is 17.3 Å². The molecule has 0 saturated carbocycles. The van der Waals surface area contributed by atoms with Crippen LogP contribution in [0.5, 0.6) is 0 Å². The van der Waals surface area contributed by atoms with Crippen molar-refractivity contribution in [1.29, 1.82) is 0 Å². The molecule has 1 fully saturated rings. The van der Waals surface area contributed by atoms with Gasteiger partial charge in [-0.15, -0.1) is 0 Å². The summed E-state index contributed by atoms with van der Waals surface area (Å²) in [6.45, 7) is 1.14. The maximum Gasteiger partial charge on any atom is 0.311 e. The Morgan fingerprint density at radius 3 is 3.00 bits per heavy atom. The van der Waals surface area contributed by atoms with Crippen molar-refractivity contribution in [3.63, 3.8) is 0 Å². The first-order chi connectivity index (χ1) is 8.58. The van der Waals surface area contributed by atoms with Crippen LogP contribution in [-0.4, -0.2) is 35.4 Å². The summed E-state index contributed by atoms with van der Waals surface area (Å²) in [6, 6.07) is 2.68. The summed E-state index contributed by atoms with van der Waals surface area (Å²) in [6.07, 6.45) is 0.708. The van der Waals surface area contributed by atoms with Crippen molar-refractivity contribution >= 4 is 23.2 Å². The fourth-order valence-electron chi connectivity index (χ4n) is 1.82. The number of amides is 1. The second-order valence-corrected chi connectivity index (χ2v) is 3.96. The Labute approximate surface area is 103 Å². The summed E-state index contributed by atoms with van der Waals surface area (Å²) < 4.78 is 0. The third-order valence-electron chi connectivity index (χ3n) is 2.63. The van der Waals surface area contributed by atoms with E-state index >= 15 is 0 Å². The molecule has 1 amide bonds. The molecule has 2 heterocycles. The number of nitrogens with one attached hydrogen (secondary N) is 1. The zero-order valence-corrected chi connectivity index (χ0v) is 9.63. The number of aromatic nitrogens is 1. The SMILES string of the molecule is Nc1ccc([N+](=O)[O-])c(N2CCCNC(=O)C2)n1. The lowest BCUT2D eigenvalue weighted by atomic mass is 10.3. The van der Waals surface area contributed by atoms with Gasteiger partial charge in [0.2, 0.25) is 11.7 Å². The van der Waals surface area contributed by atoms with E-state index in [2.05, 4.69) is 10.3 Å². The first-order valence-electron chi connectivity index (χ1n) is 5.50. The monoisotopic (exact) mass is 251 g/mol. The van der Waals surface area contributed by atoms with Crippen molar-refractivity contribution in [3.8, 4) is 0 Å². The Bertz CT molecular complexity index is 490. The van der Waals surface area contributed by atoms with E-state index in [1.54, 1.807) is 4.90 Å². The van der Waals surface area contributed by atoms with Crippen molar-refractivity contribution in [1.82, 2.24) is 10.3 Å². The Balaban J connectivity index is 2.38. The summed E-state index contributed by atoms with van der Waals surface area (Å²) >= 11 is 0. The van der Waals surface area contributed by atoms with Crippen LogP contribution in [0.3, 0.4) is 0 Å². The van der Waals surface area contributed by atoms with Gasteiger partial charge in [-0.2, -0.15) is 0 Å². The second-order valence-electron chi connectivity index (χ2n) is 3.96. The summed E-state index contributed by atoms with van der Waals surface area (Å²) in [5, 5.41) is 13.6. The predicted molar refractivity (Wildman–Crippen MR) is 65.1 cm³/mol. The molecule has 0 atom stereocenters. The Hall–Kier alpha value is -2.38. The number of carbonyl (C=O) groups is 1. The van der Waals surface area contributed by atoms with Crippen LogP contribution >= 0.6 is 0 Å². The summed E-state index contributed by atoms with van der Waals surface area (Å²) in [7, 11) is 0. The average Bonchev–Trinajstić information content (AvgIpc) is 2.53. The minimum Gasteiger partial charge on any atom is -0.384 e. The van der Waals surface area contributed by atoms with E-state index in [0.29, 0.717) is 19.5 Å². The Morgan fingerprint density at radius 1 is 1.50 bits per heavy atom. The number of nitrogens with zero attached hydrogens (tertiary/aromatic N) is 3. The highest BCUT2D eigenvalue weighted by Crippen LogP contribution is 2.27. The molecule has 1 aliphatic rings. The second kappa shape index (κ2) is 4.86. The van der Waals surface area contributed by atoms with Gasteiger partial charge in [-0.25, -0.2) is 4.98 Å². The van der Waals surface area contributed by atoms with Crippen LogP contribution in [0.25, 0.3) is 0 Å². The highest BCUT2D eigenvalue weighted by molar-refractivity contribution is 5.82. The molecule has 1 aromatic heterocycles. The number of nitrogens with two attached hydrogens (primary N) is 1. The molecule has 1 saturated heterocycles. The fraction of sp³-hybridized carbons (Fsp3) is 0.400. The molecule has 0 unspecified atom stereocenters. The van der Waals surface area contributed by atoms with E-state index in [4.69, 9.17) is 5.73 Å². The lowest BCUT2D eigenvalue weighted by molar-refractivity contribution is -0.384. The quantitative estimate of drug-likeness (QED) is 0.560. The number of anilines is 2. The van der Waals surface area contributed by atoms with Crippen molar-refractivity contribution in [3.05, 3.63) is 22.2 Å². The van der Waals surface area contributed by atoms with Gasteiger partial charge in [0.25, 0.3) is 0 Å². The average molecular weight is 251 g/mol. The number of pyridine rings is 1. The zero-order chi connectivity index (χ0) is 13.1. The minimum absolute atomic E-state index is 0.0529. The third kappa shape index (κ3) is 2.47. The number of rotatable bonds is 2. The number of hydrogen-bond acceptors (Lipinski definition) is 6. The van der Waals surface area contributed by atoms with E-state index in [0.717, 1.165) is 0 Å². The Morgan fingerprint density at radius 2 is 2.28 bits per heavy atom. The summed E-state index contributed by atoms with van der Waals surface area (Å²) in [5.41, 5.74) is 5.41. The molecule has 0 aromatic carbocycles.